The predicted molar refractivity (Wildman–Crippen MR) is 103 cm³/mol. The SMILES string of the molecule is CC(C)C[C@H](NC(=O)[C@@H](NC(=O)[C@@H](N)[C@@H](C)O)C(C)C)C(=O)N[C@H](C)C(=O)O. The summed E-state index contributed by atoms with van der Waals surface area (Å²) < 4.78 is 0. The number of carbonyl (C=O) groups excluding carboxylic acids is 3. The van der Waals surface area contributed by atoms with Gasteiger partial charge in [0.2, 0.25) is 17.7 Å². The molecular formula is C18H34N4O6. The number of aliphatic hydroxyl groups excluding tert-OH is 1. The van der Waals surface area contributed by atoms with Crippen LogP contribution in [-0.4, -0.2) is 64.2 Å². The van der Waals surface area contributed by atoms with Crippen molar-refractivity contribution in [2.75, 3.05) is 0 Å². The van der Waals surface area contributed by atoms with E-state index in [1.807, 2.05) is 13.8 Å². The first-order chi connectivity index (χ1) is 12.8. The largest absolute Gasteiger partial charge is 0.480 e. The van der Waals surface area contributed by atoms with Crippen molar-refractivity contribution in [1.29, 1.82) is 0 Å². The third-order valence-electron chi connectivity index (χ3n) is 4.14. The number of nitrogens with two attached hydrogens (primary N) is 1. The summed E-state index contributed by atoms with van der Waals surface area (Å²) in [6, 6.07) is -4.24. The molecule has 28 heavy (non-hydrogen) atoms. The number of carboxylic acids is 1. The topological polar surface area (TPSA) is 171 Å². The Hall–Kier alpha value is -2.20. The lowest BCUT2D eigenvalue weighted by Gasteiger charge is -2.27. The van der Waals surface area contributed by atoms with Crippen LogP contribution in [-0.2, 0) is 19.2 Å². The van der Waals surface area contributed by atoms with Crippen LogP contribution >= 0.6 is 0 Å². The highest BCUT2D eigenvalue weighted by Gasteiger charge is 2.31. The lowest BCUT2D eigenvalue weighted by atomic mass is 9.99. The smallest absolute Gasteiger partial charge is 0.325 e. The second-order valence-electron chi connectivity index (χ2n) is 7.76. The molecule has 0 radical (unpaired) electrons. The van der Waals surface area contributed by atoms with Crippen molar-refractivity contribution < 1.29 is 29.4 Å². The number of carbonyl (C=O) groups is 4. The molecule has 0 aliphatic heterocycles. The molecule has 10 heteroatoms. The fourth-order valence-electron chi connectivity index (χ4n) is 2.34. The maximum Gasteiger partial charge on any atom is 0.325 e. The van der Waals surface area contributed by atoms with Gasteiger partial charge in [-0.3, -0.25) is 19.2 Å². The van der Waals surface area contributed by atoms with Crippen LogP contribution in [0.15, 0.2) is 0 Å². The van der Waals surface area contributed by atoms with Crippen LogP contribution in [0.4, 0.5) is 0 Å². The van der Waals surface area contributed by atoms with Crippen molar-refractivity contribution >= 4 is 23.7 Å². The first-order valence-corrected chi connectivity index (χ1v) is 9.35. The molecule has 0 unspecified atom stereocenters. The Morgan fingerprint density at radius 2 is 1.39 bits per heavy atom. The van der Waals surface area contributed by atoms with E-state index in [9.17, 15) is 24.3 Å². The molecule has 0 saturated heterocycles. The normalized spacial score (nSPS) is 16.6. The predicted octanol–water partition coefficient (Wildman–Crippen LogP) is -1.04. The van der Waals surface area contributed by atoms with E-state index in [0.717, 1.165) is 0 Å². The number of carboxylic acid groups (broad SMARTS) is 1. The standard InChI is InChI=1S/C18H34N4O6/c1-8(2)7-12(15(24)20-10(5)18(27)28)21-17(26)14(9(3)4)22-16(25)13(19)11(6)23/h8-14,23H,7,19H2,1-6H3,(H,20,24)(H,21,26)(H,22,25)(H,27,28)/t10-,11-,12+,13+,14+/m1/s1. The second-order valence-corrected chi connectivity index (χ2v) is 7.76. The number of amides is 3. The van der Waals surface area contributed by atoms with Crippen molar-refractivity contribution in [1.82, 2.24) is 16.0 Å². The molecule has 0 aliphatic carbocycles. The zero-order valence-corrected chi connectivity index (χ0v) is 17.4. The summed E-state index contributed by atoms with van der Waals surface area (Å²) in [6.07, 6.45) is -0.802. The molecule has 0 heterocycles. The van der Waals surface area contributed by atoms with Crippen molar-refractivity contribution in [3.05, 3.63) is 0 Å². The van der Waals surface area contributed by atoms with E-state index < -0.39 is 54.0 Å². The lowest BCUT2D eigenvalue weighted by Crippen LogP contribution is -2.59. The number of hydrogen-bond donors (Lipinski definition) is 6. The average Bonchev–Trinajstić information content (AvgIpc) is 2.56. The van der Waals surface area contributed by atoms with Crippen molar-refractivity contribution in [3.8, 4) is 0 Å². The fraction of sp³-hybridized carbons (Fsp3) is 0.778. The Morgan fingerprint density at radius 3 is 1.79 bits per heavy atom. The van der Waals surface area contributed by atoms with E-state index in [1.165, 1.54) is 13.8 Å². The maximum absolute atomic E-state index is 12.7. The minimum atomic E-state index is -1.19. The van der Waals surface area contributed by atoms with Gasteiger partial charge in [-0.2, -0.15) is 0 Å². The molecule has 0 spiro atoms. The van der Waals surface area contributed by atoms with Gasteiger partial charge >= 0.3 is 5.97 Å². The number of rotatable bonds is 11. The Bertz CT molecular complexity index is 564. The van der Waals surface area contributed by atoms with Gasteiger partial charge in [-0.1, -0.05) is 27.7 Å². The Kier molecular flexibility index (Phi) is 10.7. The zero-order valence-electron chi connectivity index (χ0n) is 17.4. The highest BCUT2D eigenvalue weighted by Crippen LogP contribution is 2.09. The minimum Gasteiger partial charge on any atom is -0.480 e. The number of nitrogens with one attached hydrogen (secondary N) is 3. The molecule has 162 valence electrons. The molecule has 0 aromatic rings. The van der Waals surface area contributed by atoms with Crippen molar-refractivity contribution in [3.63, 3.8) is 0 Å². The lowest BCUT2D eigenvalue weighted by molar-refractivity contribution is -0.142. The zero-order chi connectivity index (χ0) is 22.2. The van der Waals surface area contributed by atoms with E-state index in [0.29, 0.717) is 0 Å². The van der Waals surface area contributed by atoms with E-state index in [-0.39, 0.29) is 18.3 Å². The third-order valence-corrected chi connectivity index (χ3v) is 4.14. The number of aliphatic hydroxyl groups is 1. The molecular weight excluding hydrogens is 368 g/mol. The highest BCUT2D eigenvalue weighted by molar-refractivity contribution is 5.94. The molecule has 0 aromatic carbocycles. The molecule has 0 saturated carbocycles. The van der Waals surface area contributed by atoms with Crippen LogP contribution in [0.3, 0.4) is 0 Å². The molecule has 0 aliphatic rings. The fourth-order valence-corrected chi connectivity index (χ4v) is 2.34. The van der Waals surface area contributed by atoms with Crippen LogP contribution < -0.4 is 21.7 Å². The minimum absolute atomic E-state index is 0.0481. The van der Waals surface area contributed by atoms with E-state index >= 15 is 0 Å². The first-order valence-electron chi connectivity index (χ1n) is 9.35. The maximum atomic E-state index is 12.7. The first kappa shape index (κ1) is 25.8. The summed E-state index contributed by atoms with van der Waals surface area (Å²) in [5.74, 6) is -3.36. The summed E-state index contributed by atoms with van der Waals surface area (Å²) in [5.41, 5.74) is 5.59. The van der Waals surface area contributed by atoms with Gasteiger partial charge in [-0.05, 0) is 32.1 Å². The van der Waals surface area contributed by atoms with Crippen LogP contribution in [0.5, 0.6) is 0 Å². The molecule has 5 atom stereocenters. The van der Waals surface area contributed by atoms with Gasteiger partial charge in [-0.25, -0.2) is 0 Å². The highest BCUT2D eigenvalue weighted by atomic mass is 16.4. The Balaban J connectivity index is 5.29. The Labute approximate surface area is 165 Å². The van der Waals surface area contributed by atoms with Gasteiger partial charge in [-0.15, -0.1) is 0 Å². The van der Waals surface area contributed by atoms with Crippen LogP contribution in [0.25, 0.3) is 0 Å². The molecule has 3 amide bonds. The number of aliphatic carboxylic acids is 1. The molecule has 0 fully saturated rings. The number of hydrogen-bond acceptors (Lipinski definition) is 6. The van der Waals surface area contributed by atoms with E-state index in [4.69, 9.17) is 10.8 Å². The Morgan fingerprint density at radius 1 is 0.857 bits per heavy atom. The molecule has 0 bridgehead atoms. The summed E-state index contributed by atoms with van der Waals surface area (Å²) in [7, 11) is 0. The van der Waals surface area contributed by atoms with E-state index in [2.05, 4.69) is 16.0 Å². The van der Waals surface area contributed by atoms with Gasteiger partial charge in [0.25, 0.3) is 0 Å². The van der Waals surface area contributed by atoms with Crippen LogP contribution in [0, 0.1) is 11.8 Å². The molecule has 10 nitrogen and oxygen atoms in total. The van der Waals surface area contributed by atoms with Gasteiger partial charge in [0.1, 0.15) is 24.2 Å². The van der Waals surface area contributed by atoms with Gasteiger partial charge in [0.15, 0.2) is 0 Å². The third kappa shape index (κ3) is 8.66. The van der Waals surface area contributed by atoms with Gasteiger partial charge < -0.3 is 31.9 Å². The summed E-state index contributed by atoms with van der Waals surface area (Å²) >= 11 is 0. The van der Waals surface area contributed by atoms with E-state index in [1.54, 1.807) is 13.8 Å². The molecule has 0 aromatic heterocycles. The van der Waals surface area contributed by atoms with Crippen LogP contribution in [0.1, 0.15) is 48.0 Å². The second kappa shape index (κ2) is 11.6. The molecule has 7 N–H and O–H groups in total. The summed E-state index contributed by atoms with van der Waals surface area (Å²) in [5, 5.41) is 25.8. The van der Waals surface area contributed by atoms with Crippen LogP contribution in [0.2, 0.25) is 0 Å². The monoisotopic (exact) mass is 402 g/mol. The van der Waals surface area contributed by atoms with Crippen molar-refractivity contribution in [2.45, 2.75) is 78.2 Å². The quantitative estimate of drug-likeness (QED) is 0.256. The average molecular weight is 402 g/mol. The van der Waals surface area contributed by atoms with Gasteiger partial charge in [0, 0.05) is 0 Å². The molecule has 0 rings (SSSR count). The van der Waals surface area contributed by atoms with Gasteiger partial charge in [0.05, 0.1) is 6.10 Å². The van der Waals surface area contributed by atoms with Crippen molar-refractivity contribution in [2.24, 2.45) is 17.6 Å². The summed E-state index contributed by atoms with van der Waals surface area (Å²) in [6.45, 7) is 9.82. The summed E-state index contributed by atoms with van der Waals surface area (Å²) in [4.78, 5) is 48.2.